The van der Waals surface area contributed by atoms with E-state index >= 15 is 0 Å². The topological polar surface area (TPSA) is 66.5 Å². The maximum Gasteiger partial charge on any atom is 0.243 e. The molecule has 0 bridgehead atoms. The molecule has 0 saturated carbocycles. The molecule has 2 aromatic rings. The van der Waals surface area contributed by atoms with Crippen molar-refractivity contribution in [2.45, 2.75) is 38.1 Å². The van der Waals surface area contributed by atoms with Crippen LogP contribution in [0.15, 0.2) is 53.4 Å². The molecule has 0 spiro atoms. The van der Waals surface area contributed by atoms with Gasteiger partial charge in [0, 0.05) is 19.6 Å². The van der Waals surface area contributed by atoms with Crippen LogP contribution < -0.4 is 5.32 Å². The second-order valence-electron chi connectivity index (χ2n) is 7.63. The molecule has 1 heterocycles. The van der Waals surface area contributed by atoms with Crippen LogP contribution >= 0.6 is 0 Å². The maximum absolute atomic E-state index is 13.3. The first-order valence-corrected chi connectivity index (χ1v) is 10.7. The summed E-state index contributed by atoms with van der Waals surface area (Å²) < 4.78 is 40.7. The molecule has 28 heavy (non-hydrogen) atoms. The quantitative estimate of drug-likeness (QED) is 0.832. The largest absolute Gasteiger partial charge is 0.352 e. The average molecular weight is 405 g/mol. The monoisotopic (exact) mass is 404 g/mol. The van der Waals surface area contributed by atoms with Crippen LogP contribution in [-0.2, 0) is 21.4 Å². The Morgan fingerprint density at radius 2 is 1.96 bits per heavy atom. The van der Waals surface area contributed by atoms with E-state index < -0.39 is 15.4 Å². The summed E-state index contributed by atoms with van der Waals surface area (Å²) in [6.45, 7) is 4.35. The van der Waals surface area contributed by atoms with E-state index in [4.69, 9.17) is 0 Å². The van der Waals surface area contributed by atoms with E-state index in [1.54, 1.807) is 37.3 Å². The lowest BCUT2D eigenvalue weighted by Crippen LogP contribution is -2.51. The number of sulfonamides is 1. The lowest BCUT2D eigenvalue weighted by Gasteiger charge is -2.38. The van der Waals surface area contributed by atoms with E-state index in [1.807, 2.05) is 13.0 Å². The fourth-order valence-corrected chi connectivity index (χ4v) is 5.26. The number of nitrogens with one attached hydrogen (secondary N) is 1. The van der Waals surface area contributed by atoms with Gasteiger partial charge in [0.25, 0.3) is 0 Å². The lowest BCUT2D eigenvalue weighted by atomic mass is 9.82. The average Bonchev–Trinajstić information content (AvgIpc) is 2.66. The van der Waals surface area contributed by atoms with Gasteiger partial charge in [-0.05, 0) is 62.1 Å². The van der Waals surface area contributed by atoms with Crippen molar-refractivity contribution in [2.24, 2.45) is 5.41 Å². The highest BCUT2D eigenvalue weighted by Crippen LogP contribution is 2.33. The number of carbonyl (C=O) groups is 1. The zero-order valence-electron chi connectivity index (χ0n) is 16.1. The van der Waals surface area contributed by atoms with Crippen molar-refractivity contribution in [1.29, 1.82) is 0 Å². The molecule has 150 valence electrons. The molecule has 1 unspecified atom stereocenters. The molecule has 1 atom stereocenters. The Kier molecular flexibility index (Phi) is 5.86. The Hall–Kier alpha value is -2.25. The van der Waals surface area contributed by atoms with Crippen LogP contribution in [-0.4, -0.2) is 31.7 Å². The Labute approximate surface area is 165 Å². The van der Waals surface area contributed by atoms with Crippen LogP contribution in [0.2, 0.25) is 0 Å². The number of piperidine rings is 1. The van der Waals surface area contributed by atoms with Crippen molar-refractivity contribution in [3.05, 3.63) is 65.5 Å². The van der Waals surface area contributed by atoms with E-state index in [-0.39, 0.29) is 29.7 Å². The zero-order chi connectivity index (χ0) is 20.4. The van der Waals surface area contributed by atoms with Crippen LogP contribution in [0.4, 0.5) is 4.39 Å². The molecular weight excluding hydrogens is 379 g/mol. The van der Waals surface area contributed by atoms with Gasteiger partial charge in [-0.3, -0.25) is 4.79 Å². The van der Waals surface area contributed by atoms with Crippen molar-refractivity contribution < 1.29 is 17.6 Å². The molecule has 0 radical (unpaired) electrons. The predicted molar refractivity (Wildman–Crippen MR) is 106 cm³/mol. The molecule has 1 amide bonds. The molecule has 1 saturated heterocycles. The van der Waals surface area contributed by atoms with Gasteiger partial charge in [-0.15, -0.1) is 0 Å². The van der Waals surface area contributed by atoms with Crippen molar-refractivity contribution in [1.82, 2.24) is 9.62 Å². The first kappa shape index (κ1) is 20.5. The third-order valence-corrected chi connectivity index (χ3v) is 7.02. The second-order valence-corrected chi connectivity index (χ2v) is 9.57. The van der Waals surface area contributed by atoms with Crippen LogP contribution in [0.3, 0.4) is 0 Å². The number of rotatable bonds is 5. The number of hydrogen-bond donors (Lipinski definition) is 1. The number of benzene rings is 2. The molecule has 3 rings (SSSR count). The lowest BCUT2D eigenvalue weighted by molar-refractivity contribution is -0.132. The van der Waals surface area contributed by atoms with Gasteiger partial charge in [0.05, 0.1) is 10.3 Å². The SMILES string of the molecule is Cc1cccc(S(=O)(=O)N2CCCC(C)(C(=O)NCc3cccc(F)c3)C2)c1. The highest BCUT2D eigenvalue weighted by Gasteiger charge is 2.41. The summed E-state index contributed by atoms with van der Waals surface area (Å²) in [5, 5.41) is 2.83. The molecule has 2 aromatic carbocycles. The fourth-order valence-electron chi connectivity index (χ4n) is 3.55. The maximum atomic E-state index is 13.3. The summed E-state index contributed by atoms with van der Waals surface area (Å²) in [6.07, 6.45) is 1.21. The zero-order valence-corrected chi connectivity index (χ0v) is 16.9. The molecule has 1 N–H and O–H groups in total. The first-order valence-electron chi connectivity index (χ1n) is 9.30. The standard InChI is InChI=1S/C21H25FN2O3S/c1-16-6-3-9-19(12-16)28(26,27)24-11-5-10-21(2,15-24)20(25)23-14-17-7-4-8-18(22)13-17/h3-4,6-9,12-13H,5,10-11,14-15H2,1-2H3,(H,23,25). The smallest absolute Gasteiger partial charge is 0.243 e. The Morgan fingerprint density at radius 3 is 2.68 bits per heavy atom. The predicted octanol–water partition coefficient (Wildman–Crippen LogP) is 3.24. The van der Waals surface area contributed by atoms with Crippen molar-refractivity contribution in [3.8, 4) is 0 Å². The van der Waals surface area contributed by atoms with Gasteiger partial charge in [-0.1, -0.05) is 24.3 Å². The normalized spacial score (nSPS) is 20.7. The summed E-state index contributed by atoms with van der Waals surface area (Å²) in [5.41, 5.74) is 0.702. The molecular formula is C21H25FN2O3S. The van der Waals surface area contributed by atoms with Crippen LogP contribution in [0.25, 0.3) is 0 Å². The number of hydrogen-bond acceptors (Lipinski definition) is 3. The minimum absolute atomic E-state index is 0.123. The molecule has 1 aliphatic rings. The number of aryl methyl sites for hydroxylation is 1. The minimum Gasteiger partial charge on any atom is -0.352 e. The van der Waals surface area contributed by atoms with Gasteiger partial charge in [-0.25, -0.2) is 12.8 Å². The van der Waals surface area contributed by atoms with Gasteiger partial charge >= 0.3 is 0 Å². The third kappa shape index (κ3) is 4.42. The molecule has 1 aliphatic heterocycles. The Balaban J connectivity index is 1.72. The number of halogens is 1. The summed E-state index contributed by atoms with van der Waals surface area (Å²) in [6, 6.07) is 12.8. The molecule has 7 heteroatoms. The Bertz CT molecular complexity index is 977. The third-order valence-electron chi connectivity index (χ3n) is 5.18. The van der Waals surface area contributed by atoms with E-state index in [0.29, 0.717) is 24.9 Å². The number of nitrogens with zero attached hydrogens (tertiary/aromatic N) is 1. The minimum atomic E-state index is -3.66. The molecule has 1 fully saturated rings. The van der Waals surface area contributed by atoms with Gasteiger partial charge < -0.3 is 5.32 Å². The number of amides is 1. The molecule has 0 aromatic heterocycles. The highest BCUT2D eigenvalue weighted by molar-refractivity contribution is 7.89. The van der Waals surface area contributed by atoms with E-state index in [0.717, 1.165) is 5.56 Å². The first-order chi connectivity index (χ1) is 13.2. The van der Waals surface area contributed by atoms with Crippen molar-refractivity contribution >= 4 is 15.9 Å². The van der Waals surface area contributed by atoms with Gasteiger partial charge in [0.1, 0.15) is 5.82 Å². The van der Waals surface area contributed by atoms with E-state index in [9.17, 15) is 17.6 Å². The molecule has 5 nitrogen and oxygen atoms in total. The van der Waals surface area contributed by atoms with Crippen molar-refractivity contribution in [2.75, 3.05) is 13.1 Å². The van der Waals surface area contributed by atoms with Gasteiger partial charge in [0.15, 0.2) is 0 Å². The second kappa shape index (κ2) is 8.01. The summed E-state index contributed by atoms with van der Waals surface area (Å²) in [5.74, 6) is -0.577. The van der Waals surface area contributed by atoms with Gasteiger partial charge in [-0.2, -0.15) is 4.31 Å². The van der Waals surface area contributed by atoms with Crippen LogP contribution in [0, 0.1) is 18.2 Å². The van der Waals surface area contributed by atoms with Crippen LogP contribution in [0.1, 0.15) is 30.9 Å². The summed E-state index contributed by atoms with van der Waals surface area (Å²) in [7, 11) is -3.66. The summed E-state index contributed by atoms with van der Waals surface area (Å²) in [4.78, 5) is 13.1. The Morgan fingerprint density at radius 1 is 1.21 bits per heavy atom. The summed E-state index contributed by atoms with van der Waals surface area (Å²) >= 11 is 0. The van der Waals surface area contributed by atoms with Crippen molar-refractivity contribution in [3.63, 3.8) is 0 Å². The fraction of sp³-hybridized carbons (Fsp3) is 0.381. The van der Waals surface area contributed by atoms with Crippen LogP contribution in [0.5, 0.6) is 0 Å². The van der Waals surface area contributed by atoms with E-state index in [2.05, 4.69) is 5.32 Å². The van der Waals surface area contributed by atoms with E-state index in [1.165, 1.54) is 16.4 Å². The highest BCUT2D eigenvalue weighted by atomic mass is 32.2. The number of carbonyl (C=O) groups excluding carboxylic acids is 1. The molecule has 0 aliphatic carbocycles. The van der Waals surface area contributed by atoms with Gasteiger partial charge in [0.2, 0.25) is 15.9 Å².